The van der Waals surface area contributed by atoms with Crippen LogP contribution in [0.15, 0.2) is 24.3 Å². The maximum atomic E-state index is 8.97. The van der Waals surface area contributed by atoms with Gasteiger partial charge in [0.2, 0.25) is 0 Å². The van der Waals surface area contributed by atoms with E-state index in [0.717, 1.165) is 37.3 Å². The fourth-order valence-corrected chi connectivity index (χ4v) is 2.38. The number of nitrogens with zero attached hydrogens (tertiary/aromatic N) is 2. The summed E-state index contributed by atoms with van der Waals surface area (Å²) in [7, 11) is 0. The van der Waals surface area contributed by atoms with Gasteiger partial charge in [0.15, 0.2) is 0 Å². The molecule has 1 aliphatic rings. The molecule has 2 rings (SSSR count). The van der Waals surface area contributed by atoms with E-state index in [0.29, 0.717) is 0 Å². The summed E-state index contributed by atoms with van der Waals surface area (Å²) >= 11 is 0. The van der Waals surface area contributed by atoms with Crippen LogP contribution in [0.3, 0.4) is 0 Å². The molecule has 1 N–H and O–H groups in total. The van der Waals surface area contributed by atoms with Crippen molar-refractivity contribution in [2.45, 2.75) is 25.8 Å². The second-order valence-electron chi connectivity index (χ2n) is 5.16. The van der Waals surface area contributed by atoms with E-state index in [1.165, 1.54) is 0 Å². The average molecular weight is 229 g/mol. The van der Waals surface area contributed by atoms with Crippen molar-refractivity contribution in [2.24, 2.45) is 0 Å². The molecular formula is C14H19N3. The lowest BCUT2D eigenvalue weighted by Crippen LogP contribution is -2.48. The zero-order valence-corrected chi connectivity index (χ0v) is 10.5. The molecule has 0 saturated carbocycles. The summed E-state index contributed by atoms with van der Waals surface area (Å²) in [6.07, 6.45) is 1.14. The fraction of sp³-hybridized carbons (Fsp3) is 0.500. The van der Waals surface area contributed by atoms with Gasteiger partial charge in [-0.25, -0.2) is 0 Å². The van der Waals surface area contributed by atoms with Crippen molar-refractivity contribution in [1.82, 2.24) is 5.32 Å². The van der Waals surface area contributed by atoms with Crippen LogP contribution in [0.2, 0.25) is 0 Å². The lowest BCUT2D eigenvalue weighted by molar-refractivity contribution is 0.462. The Balaban J connectivity index is 2.32. The molecule has 0 radical (unpaired) electrons. The van der Waals surface area contributed by atoms with Gasteiger partial charge in [0.1, 0.15) is 0 Å². The number of nitriles is 1. The first kappa shape index (κ1) is 11.9. The summed E-state index contributed by atoms with van der Waals surface area (Å²) in [5, 5.41) is 12.4. The number of rotatable bonds is 1. The largest absolute Gasteiger partial charge is 0.365 e. The van der Waals surface area contributed by atoms with Crippen molar-refractivity contribution in [3.8, 4) is 6.07 Å². The first-order valence-corrected chi connectivity index (χ1v) is 6.12. The van der Waals surface area contributed by atoms with Crippen LogP contribution in [0.25, 0.3) is 0 Å². The molecule has 3 nitrogen and oxygen atoms in total. The monoisotopic (exact) mass is 229 g/mol. The highest BCUT2D eigenvalue weighted by Gasteiger charge is 2.28. The van der Waals surface area contributed by atoms with E-state index in [1.807, 2.05) is 18.2 Å². The SMILES string of the molecule is CC1(C)CNCCCN1c1cccc(C#N)c1. The molecule has 3 heteroatoms. The highest BCUT2D eigenvalue weighted by Crippen LogP contribution is 2.26. The second-order valence-corrected chi connectivity index (χ2v) is 5.16. The summed E-state index contributed by atoms with van der Waals surface area (Å²) < 4.78 is 0. The van der Waals surface area contributed by atoms with Crippen molar-refractivity contribution in [2.75, 3.05) is 24.5 Å². The van der Waals surface area contributed by atoms with E-state index in [4.69, 9.17) is 5.26 Å². The number of benzene rings is 1. The van der Waals surface area contributed by atoms with Crippen molar-refractivity contribution in [1.29, 1.82) is 5.26 Å². The summed E-state index contributed by atoms with van der Waals surface area (Å²) in [5.74, 6) is 0. The summed E-state index contributed by atoms with van der Waals surface area (Å²) in [4.78, 5) is 2.40. The predicted molar refractivity (Wildman–Crippen MR) is 70.1 cm³/mol. The Hall–Kier alpha value is -1.53. The minimum absolute atomic E-state index is 0.0879. The number of hydrogen-bond acceptors (Lipinski definition) is 3. The van der Waals surface area contributed by atoms with Crippen LogP contribution in [0, 0.1) is 11.3 Å². The first-order chi connectivity index (χ1) is 8.13. The van der Waals surface area contributed by atoms with Gasteiger partial charge in [0, 0.05) is 24.3 Å². The Morgan fingerprint density at radius 1 is 1.41 bits per heavy atom. The van der Waals surface area contributed by atoms with Crippen molar-refractivity contribution >= 4 is 5.69 Å². The van der Waals surface area contributed by atoms with Crippen LogP contribution in [0.4, 0.5) is 5.69 Å². The Morgan fingerprint density at radius 2 is 2.24 bits per heavy atom. The van der Waals surface area contributed by atoms with Gasteiger partial charge >= 0.3 is 0 Å². The second kappa shape index (κ2) is 4.77. The fourth-order valence-electron chi connectivity index (χ4n) is 2.38. The summed E-state index contributed by atoms with van der Waals surface area (Å²) in [6, 6.07) is 10.1. The van der Waals surface area contributed by atoms with Gasteiger partial charge in [-0.2, -0.15) is 5.26 Å². The van der Waals surface area contributed by atoms with Crippen molar-refractivity contribution < 1.29 is 0 Å². The number of nitrogens with one attached hydrogen (secondary N) is 1. The van der Waals surface area contributed by atoms with E-state index in [-0.39, 0.29) is 5.54 Å². The first-order valence-electron chi connectivity index (χ1n) is 6.12. The molecule has 1 aliphatic heterocycles. The molecule has 17 heavy (non-hydrogen) atoms. The molecule has 1 saturated heterocycles. The van der Waals surface area contributed by atoms with Crippen LogP contribution in [0.5, 0.6) is 0 Å². The Labute approximate surface area is 103 Å². The third kappa shape index (κ3) is 2.59. The zero-order chi connectivity index (χ0) is 12.3. The molecule has 0 unspecified atom stereocenters. The maximum Gasteiger partial charge on any atom is 0.0992 e. The molecule has 1 aromatic rings. The molecule has 1 heterocycles. The molecule has 1 aromatic carbocycles. The Morgan fingerprint density at radius 3 is 3.00 bits per heavy atom. The lowest BCUT2D eigenvalue weighted by atomic mass is 10.0. The quantitative estimate of drug-likeness (QED) is 0.802. The van der Waals surface area contributed by atoms with Gasteiger partial charge in [0.25, 0.3) is 0 Å². The van der Waals surface area contributed by atoms with Gasteiger partial charge < -0.3 is 10.2 Å². The standard InChI is InChI=1S/C14H19N3/c1-14(2)11-16-7-4-8-17(14)13-6-3-5-12(9-13)10-15/h3,5-6,9,16H,4,7-8,11H2,1-2H3. The van der Waals surface area contributed by atoms with E-state index >= 15 is 0 Å². The topological polar surface area (TPSA) is 39.1 Å². The predicted octanol–water partition coefficient (Wildman–Crippen LogP) is 2.14. The molecule has 0 bridgehead atoms. The van der Waals surface area contributed by atoms with E-state index in [2.05, 4.69) is 36.2 Å². The number of hydrogen-bond donors (Lipinski definition) is 1. The molecule has 0 aromatic heterocycles. The van der Waals surface area contributed by atoms with Gasteiger partial charge in [-0.3, -0.25) is 0 Å². The Kier molecular flexibility index (Phi) is 3.35. The Bertz CT molecular complexity index is 431. The van der Waals surface area contributed by atoms with Crippen LogP contribution in [0.1, 0.15) is 25.8 Å². The van der Waals surface area contributed by atoms with E-state index in [9.17, 15) is 0 Å². The van der Waals surface area contributed by atoms with Gasteiger partial charge in [0.05, 0.1) is 11.6 Å². The van der Waals surface area contributed by atoms with Crippen molar-refractivity contribution in [3.63, 3.8) is 0 Å². The summed E-state index contributed by atoms with van der Waals surface area (Å²) in [6.45, 7) is 7.56. The highest BCUT2D eigenvalue weighted by molar-refractivity contribution is 5.53. The molecule has 0 aliphatic carbocycles. The third-order valence-electron chi connectivity index (χ3n) is 3.31. The lowest BCUT2D eigenvalue weighted by Gasteiger charge is -2.39. The minimum atomic E-state index is 0.0879. The minimum Gasteiger partial charge on any atom is -0.365 e. The third-order valence-corrected chi connectivity index (χ3v) is 3.31. The normalized spacial score (nSPS) is 19.5. The van der Waals surface area contributed by atoms with E-state index in [1.54, 1.807) is 0 Å². The zero-order valence-electron chi connectivity index (χ0n) is 10.5. The van der Waals surface area contributed by atoms with Crippen molar-refractivity contribution in [3.05, 3.63) is 29.8 Å². The highest BCUT2D eigenvalue weighted by atomic mass is 15.2. The van der Waals surface area contributed by atoms with Crippen LogP contribution in [-0.4, -0.2) is 25.2 Å². The number of anilines is 1. The van der Waals surface area contributed by atoms with Gasteiger partial charge in [-0.05, 0) is 45.0 Å². The molecule has 0 amide bonds. The molecule has 1 fully saturated rings. The molecule has 0 atom stereocenters. The summed E-state index contributed by atoms with van der Waals surface area (Å²) in [5.41, 5.74) is 1.97. The van der Waals surface area contributed by atoms with Gasteiger partial charge in [-0.15, -0.1) is 0 Å². The molecule has 0 spiro atoms. The van der Waals surface area contributed by atoms with Crippen LogP contribution < -0.4 is 10.2 Å². The van der Waals surface area contributed by atoms with Crippen LogP contribution in [-0.2, 0) is 0 Å². The average Bonchev–Trinajstić information content (AvgIpc) is 2.50. The molecular weight excluding hydrogens is 210 g/mol. The maximum absolute atomic E-state index is 8.97. The van der Waals surface area contributed by atoms with E-state index < -0.39 is 0 Å². The van der Waals surface area contributed by atoms with Crippen LogP contribution >= 0.6 is 0 Å². The smallest absolute Gasteiger partial charge is 0.0992 e. The van der Waals surface area contributed by atoms with Gasteiger partial charge in [-0.1, -0.05) is 6.07 Å². The molecule has 90 valence electrons.